The molecule has 2 rings (SSSR count). The molecule has 3 N–H and O–H groups in total. The van der Waals surface area contributed by atoms with Gasteiger partial charge in [-0.1, -0.05) is 0 Å². The highest BCUT2D eigenvalue weighted by molar-refractivity contribution is 5.89. The van der Waals surface area contributed by atoms with Gasteiger partial charge in [0.05, 0.1) is 0 Å². The molecule has 0 saturated heterocycles. The molecule has 18 heavy (non-hydrogen) atoms. The van der Waals surface area contributed by atoms with Gasteiger partial charge < -0.3 is 10.6 Å². The van der Waals surface area contributed by atoms with E-state index in [1.54, 1.807) is 12.1 Å². The fourth-order valence-corrected chi connectivity index (χ4v) is 1.42. The molecule has 2 aromatic rings. The zero-order chi connectivity index (χ0) is 13.0. The van der Waals surface area contributed by atoms with Gasteiger partial charge in [-0.3, -0.25) is 0 Å². The van der Waals surface area contributed by atoms with E-state index < -0.39 is 0 Å². The van der Waals surface area contributed by atoms with Crippen molar-refractivity contribution in [2.75, 3.05) is 5.32 Å². The van der Waals surface area contributed by atoms with Crippen LogP contribution in [0.2, 0.25) is 0 Å². The molecular formula is C11H14N6O. The molecule has 1 aromatic heterocycles. The number of H-pyrrole nitrogens is 1. The van der Waals surface area contributed by atoms with Gasteiger partial charge in [-0.15, -0.1) is 10.2 Å². The number of nitrogens with one attached hydrogen (secondary N) is 3. The number of aromatic nitrogens is 4. The van der Waals surface area contributed by atoms with Crippen LogP contribution in [0.25, 0.3) is 11.4 Å². The van der Waals surface area contributed by atoms with Crippen LogP contribution in [0.1, 0.15) is 13.8 Å². The van der Waals surface area contributed by atoms with E-state index >= 15 is 0 Å². The molecule has 94 valence electrons. The van der Waals surface area contributed by atoms with E-state index in [9.17, 15) is 4.79 Å². The maximum Gasteiger partial charge on any atom is 0.319 e. The number of anilines is 1. The minimum Gasteiger partial charge on any atom is -0.336 e. The van der Waals surface area contributed by atoms with Crippen LogP contribution in [0.15, 0.2) is 24.3 Å². The molecule has 7 nitrogen and oxygen atoms in total. The quantitative estimate of drug-likeness (QED) is 0.762. The second-order valence-corrected chi connectivity index (χ2v) is 4.07. The van der Waals surface area contributed by atoms with Gasteiger partial charge in [0.1, 0.15) is 0 Å². The number of hydrogen-bond acceptors (Lipinski definition) is 4. The summed E-state index contributed by atoms with van der Waals surface area (Å²) in [6.07, 6.45) is 0. The van der Waals surface area contributed by atoms with Crippen LogP contribution in [0, 0.1) is 0 Å². The van der Waals surface area contributed by atoms with Gasteiger partial charge in [0, 0.05) is 17.3 Å². The molecule has 0 unspecified atom stereocenters. The van der Waals surface area contributed by atoms with Crippen molar-refractivity contribution >= 4 is 11.7 Å². The SMILES string of the molecule is CC(C)NC(=O)Nc1ccc(-c2nn[nH]n2)cc1. The van der Waals surface area contributed by atoms with E-state index in [4.69, 9.17) is 0 Å². The molecule has 0 spiro atoms. The van der Waals surface area contributed by atoms with Gasteiger partial charge in [-0.2, -0.15) is 5.21 Å². The number of nitrogens with zero attached hydrogens (tertiary/aromatic N) is 3. The fourth-order valence-electron chi connectivity index (χ4n) is 1.42. The molecule has 7 heteroatoms. The summed E-state index contributed by atoms with van der Waals surface area (Å²) in [5.41, 5.74) is 1.54. The lowest BCUT2D eigenvalue weighted by Gasteiger charge is -2.10. The van der Waals surface area contributed by atoms with Crippen molar-refractivity contribution in [3.05, 3.63) is 24.3 Å². The van der Waals surface area contributed by atoms with Crippen LogP contribution in [0.5, 0.6) is 0 Å². The Hall–Kier alpha value is -2.44. The lowest BCUT2D eigenvalue weighted by Crippen LogP contribution is -2.34. The number of aromatic amines is 1. The van der Waals surface area contributed by atoms with Crippen LogP contribution in [0.3, 0.4) is 0 Å². The Labute approximate surface area is 104 Å². The zero-order valence-electron chi connectivity index (χ0n) is 10.1. The van der Waals surface area contributed by atoms with Gasteiger partial charge >= 0.3 is 6.03 Å². The molecule has 1 aromatic carbocycles. The molecule has 2 amide bonds. The van der Waals surface area contributed by atoms with Crippen molar-refractivity contribution < 1.29 is 4.79 Å². The minimum absolute atomic E-state index is 0.101. The molecule has 0 aliphatic heterocycles. The van der Waals surface area contributed by atoms with E-state index in [0.29, 0.717) is 11.5 Å². The predicted octanol–water partition coefficient (Wildman–Crippen LogP) is 1.40. The number of hydrogen-bond donors (Lipinski definition) is 3. The van der Waals surface area contributed by atoms with Crippen LogP contribution in [-0.2, 0) is 0 Å². The van der Waals surface area contributed by atoms with Gasteiger partial charge in [0.2, 0.25) is 5.82 Å². The van der Waals surface area contributed by atoms with Crippen molar-refractivity contribution in [3.8, 4) is 11.4 Å². The van der Waals surface area contributed by atoms with Crippen molar-refractivity contribution in [1.29, 1.82) is 0 Å². The maximum atomic E-state index is 11.5. The number of rotatable bonds is 3. The fraction of sp³-hybridized carbons (Fsp3) is 0.273. The smallest absolute Gasteiger partial charge is 0.319 e. The first-order valence-corrected chi connectivity index (χ1v) is 5.56. The number of benzene rings is 1. The average molecular weight is 246 g/mol. The summed E-state index contributed by atoms with van der Waals surface area (Å²) < 4.78 is 0. The molecule has 0 radical (unpaired) electrons. The van der Waals surface area contributed by atoms with Gasteiger partial charge in [0.25, 0.3) is 0 Å². The summed E-state index contributed by atoms with van der Waals surface area (Å²) >= 11 is 0. The number of carbonyl (C=O) groups excluding carboxylic acids is 1. The Balaban J connectivity index is 2.02. The molecule has 0 bridgehead atoms. The molecule has 0 fully saturated rings. The standard InChI is InChI=1S/C11H14N6O/c1-7(2)12-11(18)13-9-5-3-8(4-6-9)10-14-16-17-15-10/h3-7H,1-2H3,(H2,12,13,18)(H,14,15,16,17). The first-order valence-electron chi connectivity index (χ1n) is 5.56. The Morgan fingerprint density at radius 1 is 1.28 bits per heavy atom. The largest absolute Gasteiger partial charge is 0.336 e. The predicted molar refractivity (Wildman–Crippen MR) is 66.9 cm³/mol. The van der Waals surface area contributed by atoms with Crippen LogP contribution in [-0.4, -0.2) is 32.7 Å². The minimum atomic E-state index is -0.225. The van der Waals surface area contributed by atoms with E-state index in [1.165, 1.54) is 0 Å². The highest BCUT2D eigenvalue weighted by atomic mass is 16.2. The summed E-state index contributed by atoms with van der Waals surface area (Å²) in [6.45, 7) is 3.80. The highest BCUT2D eigenvalue weighted by Gasteiger charge is 2.05. The molecular weight excluding hydrogens is 232 g/mol. The summed E-state index contributed by atoms with van der Waals surface area (Å²) in [5.74, 6) is 0.521. The van der Waals surface area contributed by atoms with E-state index in [0.717, 1.165) is 5.56 Å². The highest BCUT2D eigenvalue weighted by Crippen LogP contribution is 2.16. The van der Waals surface area contributed by atoms with Crippen molar-refractivity contribution in [3.63, 3.8) is 0 Å². The van der Waals surface area contributed by atoms with Crippen LogP contribution >= 0.6 is 0 Å². The molecule has 0 aliphatic carbocycles. The Bertz CT molecular complexity index is 505. The number of tetrazole rings is 1. The van der Waals surface area contributed by atoms with Crippen molar-refractivity contribution in [1.82, 2.24) is 25.9 Å². The van der Waals surface area contributed by atoms with E-state index in [-0.39, 0.29) is 12.1 Å². The Kier molecular flexibility index (Phi) is 3.52. The zero-order valence-corrected chi connectivity index (χ0v) is 10.1. The monoisotopic (exact) mass is 246 g/mol. The van der Waals surface area contributed by atoms with Crippen molar-refractivity contribution in [2.45, 2.75) is 19.9 Å². The summed E-state index contributed by atoms with van der Waals surface area (Å²) in [7, 11) is 0. The second-order valence-electron chi connectivity index (χ2n) is 4.07. The molecule has 0 atom stereocenters. The van der Waals surface area contributed by atoms with Gasteiger partial charge in [0.15, 0.2) is 0 Å². The molecule has 0 aliphatic rings. The topological polar surface area (TPSA) is 95.6 Å². The first-order chi connectivity index (χ1) is 8.65. The van der Waals surface area contributed by atoms with E-state index in [2.05, 4.69) is 31.3 Å². The Morgan fingerprint density at radius 3 is 2.56 bits per heavy atom. The lowest BCUT2D eigenvalue weighted by molar-refractivity contribution is 0.250. The number of amides is 2. The van der Waals surface area contributed by atoms with Crippen LogP contribution in [0.4, 0.5) is 10.5 Å². The Morgan fingerprint density at radius 2 is 2.00 bits per heavy atom. The third-order valence-electron chi connectivity index (χ3n) is 2.17. The normalized spacial score (nSPS) is 10.4. The van der Waals surface area contributed by atoms with Crippen molar-refractivity contribution in [2.24, 2.45) is 0 Å². The molecule has 0 saturated carbocycles. The maximum absolute atomic E-state index is 11.5. The number of carbonyl (C=O) groups is 1. The lowest BCUT2D eigenvalue weighted by atomic mass is 10.2. The summed E-state index contributed by atoms with van der Waals surface area (Å²) in [6, 6.07) is 7.07. The third-order valence-corrected chi connectivity index (χ3v) is 2.17. The van der Waals surface area contributed by atoms with Gasteiger partial charge in [-0.25, -0.2) is 4.79 Å². The second kappa shape index (κ2) is 5.26. The number of urea groups is 1. The van der Waals surface area contributed by atoms with E-state index in [1.807, 2.05) is 26.0 Å². The van der Waals surface area contributed by atoms with Crippen LogP contribution < -0.4 is 10.6 Å². The summed E-state index contributed by atoms with van der Waals surface area (Å²) in [5, 5.41) is 19.1. The first kappa shape index (κ1) is 12.0. The van der Waals surface area contributed by atoms with Gasteiger partial charge in [-0.05, 0) is 43.3 Å². The summed E-state index contributed by atoms with van der Waals surface area (Å²) in [4.78, 5) is 11.5. The average Bonchev–Trinajstić information content (AvgIpc) is 2.82. The third kappa shape index (κ3) is 3.03. The molecule has 1 heterocycles.